The lowest BCUT2D eigenvalue weighted by Crippen LogP contribution is -2.61. The molecular formula is C39H63N5O8. The lowest BCUT2D eigenvalue weighted by Gasteiger charge is -2.41. The van der Waals surface area contributed by atoms with Gasteiger partial charge in [-0.2, -0.15) is 0 Å². The molecule has 4 N–H and O–H groups in total. The van der Waals surface area contributed by atoms with E-state index in [0.29, 0.717) is 25.8 Å². The molecule has 292 valence electrons. The van der Waals surface area contributed by atoms with Crippen LogP contribution in [-0.2, 0) is 39.9 Å². The van der Waals surface area contributed by atoms with Gasteiger partial charge in [0.2, 0.25) is 23.6 Å². The number of carboxylic acids is 1. The number of benzene rings is 1. The van der Waals surface area contributed by atoms with Crippen molar-refractivity contribution >= 4 is 29.6 Å². The van der Waals surface area contributed by atoms with Crippen molar-refractivity contribution in [1.82, 2.24) is 25.8 Å². The van der Waals surface area contributed by atoms with Gasteiger partial charge in [0.25, 0.3) is 0 Å². The number of carbonyl (C=O) groups is 5. The SMILES string of the molecule is CC[C@H](C)[C@@H]([C@@H](CC(=O)N1CCC[C@H]1[C@H](OC)[C@@H](C)C(=O)N[C@@H](Cc1ccccc1)C(=O)O)OC)N(C)C(=O)[C@@H](NC(=O)[C@]1(C)CCCN1)C(C)C. The number of hydrogen-bond donors (Lipinski definition) is 4. The molecule has 13 heteroatoms. The number of hydrogen-bond acceptors (Lipinski definition) is 8. The Bertz CT molecular complexity index is 1350. The Balaban J connectivity index is 1.76. The fourth-order valence-electron chi connectivity index (χ4n) is 7.78. The normalized spacial score (nSPS) is 22.9. The van der Waals surface area contributed by atoms with Crippen LogP contribution < -0.4 is 16.0 Å². The molecule has 2 fully saturated rings. The summed E-state index contributed by atoms with van der Waals surface area (Å²) < 4.78 is 11.8. The number of nitrogens with one attached hydrogen (secondary N) is 3. The molecule has 0 unspecified atom stereocenters. The molecule has 1 aromatic rings. The van der Waals surface area contributed by atoms with Gasteiger partial charge in [0.15, 0.2) is 0 Å². The number of likely N-dealkylation sites (N-methyl/N-ethyl adjacent to an activating group) is 1. The summed E-state index contributed by atoms with van der Waals surface area (Å²) in [6.45, 7) is 12.6. The number of rotatable bonds is 19. The van der Waals surface area contributed by atoms with Gasteiger partial charge < -0.3 is 40.3 Å². The summed E-state index contributed by atoms with van der Waals surface area (Å²) in [5, 5.41) is 18.8. The van der Waals surface area contributed by atoms with Crippen molar-refractivity contribution in [3.05, 3.63) is 35.9 Å². The van der Waals surface area contributed by atoms with E-state index in [1.165, 1.54) is 7.11 Å². The van der Waals surface area contributed by atoms with Crippen LogP contribution in [0.5, 0.6) is 0 Å². The summed E-state index contributed by atoms with van der Waals surface area (Å²) in [4.78, 5) is 70.5. The van der Waals surface area contributed by atoms with E-state index < -0.39 is 59.7 Å². The monoisotopic (exact) mass is 729 g/mol. The minimum absolute atomic E-state index is 0.00447. The fourth-order valence-corrected chi connectivity index (χ4v) is 7.78. The molecule has 0 saturated carbocycles. The van der Waals surface area contributed by atoms with Gasteiger partial charge in [-0.3, -0.25) is 19.2 Å². The maximum absolute atomic E-state index is 14.2. The summed E-state index contributed by atoms with van der Waals surface area (Å²) in [5.41, 5.74) is 0.0588. The highest BCUT2D eigenvalue weighted by atomic mass is 16.5. The average Bonchev–Trinajstić information content (AvgIpc) is 3.80. The van der Waals surface area contributed by atoms with Crippen LogP contribution in [0.25, 0.3) is 0 Å². The molecule has 1 aromatic carbocycles. The molecule has 2 aliphatic heterocycles. The number of likely N-dealkylation sites (tertiary alicyclic amines) is 1. The predicted molar refractivity (Wildman–Crippen MR) is 198 cm³/mol. The van der Waals surface area contributed by atoms with Crippen molar-refractivity contribution in [3.8, 4) is 0 Å². The fraction of sp³-hybridized carbons (Fsp3) is 0.718. The van der Waals surface area contributed by atoms with Crippen molar-refractivity contribution in [2.24, 2.45) is 17.8 Å². The summed E-state index contributed by atoms with van der Waals surface area (Å²) in [6.07, 6.45) is 2.43. The van der Waals surface area contributed by atoms with Crippen molar-refractivity contribution in [3.63, 3.8) is 0 Å². The van der Waals surface area contributed by atoms with E-state index in [1.54, 1.807) is 30.9 Å². The predicted octanol–water partition coefficient (Wildman–Crippen LogP) is 3.00. The van der Waals surface area contributed by atoms with E-state index in [2.05, 4.69) is 16.0 Å². The van der Waals surface area contributed by atoms with Crippen LogP contribution in [0.1, 0.15) is 85.6 Å². The van der Waals surface area contributed by atoms with E-state index in [-0.39, 0.29) is 42.4 Å². The smallest absolute Gasteiger partial charge is 0.326 e. The van der Waals surface area contributed by atoms with Crippen LogP contribution in [-0.4, -0.2) is 121 Å². The van der Waals surface area contributed by atoms with Crippen LogP contribution in [0.15, 0.2) is 30.3 Å². The van der Waals surface area contributed by atoms with Gasteiger partial charge in [0.1, 0.15) is 12.1 Å². The molecule has 52 heavy (non-hydrogen) atoms. The van der Waals surface area contributed by atoms with Crippen LogP contribution in [0.2, 0.25) is 0 Å². The highest BCUT2D eigenvalue weighted by molar-refractivity contribution is 5.92. The van der Waals surface area contributed by atoms with Gasteiger partial charge >= 0.3 is 5.97 Å². The molecule has 2 saturated heterocycles. The second kappa shape index (κ2) is 19.5. The number of methoxy groups -OCH3 is 2. The van der Waals surface area contributed by atoms with Gasteiger partial charge in [0.05, 0.1) is 42.2 Å². The Morgan fingerprint density at radius 2 is 1.71 bits per heavy atom. The Morgan fingerprint density at radius 3 is 2.25 bits per heavy atom. The molecule has 0 radical (unpaired) electrons. The Morgan fingerprint density at radius 1 is 1.04 bits per heavy atom. The van der Waals surface area contributed by atoms with E-state index in [4.69, 9.17) is 9.47 Å². The number of aliphatic carboxylic acids is 1. The summed E-state index contributed by atoms with van der Waals surface area (Å²) >= 11 is 0. The summed E-state index contributed by atoms with van der Waals surface area (Å²) in [6, 6.07) is 6.34. The van der Waals surface area contributed by atoms with E-state index >= 15 is 0 Å². The van der Waals surface area contributed by atoms with Crippen molar-refractivity contribution < 1.29 is 38.6 Å². The summed E-state index contributed by atoms with van der Waals surface area (Å²) in [5.74, 6) is -3.19. The molecule has 3 rings (SSSR count). The number of carbonyl (C=O) groups excluding carboxylic acids is 4. The van der Waals surface area contributed by atoms with E-state index in [9.17, 15) is 29.1 Å². The first kappa shape index (κ1) is 42.9. The maximum Gasteiger partial charge on any atom is 0.326 e. The third-order valence-electron chi connectivity index (χ3n) is 11.2. The molecule has 0 spiro atoms. The third-order valence-corrected chi connectivity index (χ3v) is 11.2. The highest BCUT2D eigenvalue weighted by Crippen LogP contribution is 2.30. The molecule has 0 aromatic heterocycles. The standard InChI is InChI=1S/C39H63N5O8/c1-10-25(4)33(43(7)36(47)32(24(2)3)42-38(50)39(6)19-15-20-40-39)30(51-8)23-31(45)44-21-14-18-29(44)34(52-9)26(5)35(46)41-28(37(48)49)22-27-16-12-11-13-17-27/h11-13,16-17,24-26,28-30,32-34,40H,10,14-15,18-23H2,1-9H3,(H,41,46)(H,42,50)(H,48,49)/t25-,26+,28-,29-,30+,32-,33-,34+,39-/m0/s1. The summed E-state index contributed by atoms with van der Waals surface area (Å²) in [7, 11) is 4.76. The van der Waals surface area contributed by atoms with Crippen molar-refractivity contribution in [2.75, 3.05) is 34.4 Å². The Hall–Kier alpha value is -3.55. The van der Waals surface area contributed by atoms with Crippen molar-refractivity contribution in [1.29, 1.82) is 0 Å². The van der Waals surface area contributed by atoms with Crippen LogP contribution in [0.4, 0.5) is 0 Å². The first-order valence-electron chi connectivity index (χ1n) is 18.8. The molecular weight excluding hydrogens is 666 g/mol. The van der Waals surface area contributed by atoms with Crippen LogP contribution in [0, 0.1) is 17.8 Å². The Labute approximate surface area is 309 Å². The lowest BCUT2D eigenvalue weighted by molar-refractivity contribution is -0.148. The van der Waals surface area contributed by atoms with Gasteiger partial charge in [-0.1, -0.05) is 71.4 Å². The molecule has 2 heterocycles. The van der Waals surface area contributed by atoms with Gasteiger partial charge in [-0.05, 0) is 56.6 Å². The van der Waals surface area contributed by atoms with Crippen LogP contribution >= 0.6 is 0 Å². The molecule has 0 bridgehead atoms. The molecule has 0 aliphatic carbocycles. The zero-order chi connectivity index (χ0) is 38.7. The molecule has 4 amide bonds. The zero-order valence-corrected chi connectivity index (χ0v) is 32.6. The molecule has 9 atom stereocenters. The van der Waals surface area contributed by atoms with Crippen LogP contribution in [0.3, 0.4) is 0 Å². The van der Waals surface area contributed by atoms with Gasteiger partial charge in [0, 0.05) is 34.2 Å². The van der Waals surface area contributed by atoms with Gasteiger partial charge in [-0.25, -0.2) is 4.79 Å². The highest BCUT2D eigenvalue weighted by Gasteiger charge is 2.44. The second-order valence-electron chi connectivity index (χ2n) is 15.2. The topological polar surface area (TPSA) is 167 Å². The largest absolute Gasteiger partial charge is 0.480 e. The third kappa shape index (κ3) is 10.5. The Kier molecular flexibility index (Phi) is 16.1. The number of carboxylic acid groups (broad SMARTS) is 1. The number of amides is 4. The molecule has 2 aliphatic rings. The van der Waals surface area contributed by atoms with E-state index in [0.717, 1.165) is 24.9 Å². The number of ether oxygens (including phenoxy) is 2. The lowest BCUT2D eigenvalue weighted by atomic mass is 9.89. The van der Waals surface area contributed by atoms with Crippen molar-refractivity contribution in [2.45, 2.75) is 128 Å². The van der Waals surface area contributed by atoms with E-state index in [1.807, 2.05) is 65.0 Å². The quantitative estimate of drug-likeness (QED) is 0.168. The molecule has 13 nitrogen and oxygen atoms in total. The first-order chi connectivity index (χ1) is 24.6. The average molecular weight is 730 g/mol. The van der Waals surface area contributed by atoms with Gasteiger partial charge in [-0.15, -0.1) is 0 Å². The number of nitrogens with zero attached hydrogens (tertiary/aromatic N) is 2. The minimum Gasteiger partial charge on any atom is -0.480 e. The maximum atomic E-state index is 14.2. The minimum atomic E-state index is -1.14. The zero-order valence-electron chi connectivity index (χ0n) is 32.6. The second-order valence-corrected chi connectivity index (χ2v) is 15.2. The first-order valence-corrected chi connectivity index (χ1v) is 18.8.